The fourth-order valence-corrected chi connectivity index (χ4v) is 5.75. The molecule has 1 aromatic rings. The van der Waals surface area contributed by atoms with Crippen molar-refractivity contribution in [2.75, 3.05) is 52.9 Å². The molecule has 1 saturated carbocycles. The van der Waals surface area contributed by atoms with Crippen LogP contribution >= 0.6 is 0 Å². The molecule has 6 nitrogen and oxygen atoms in total. The summed E-state index contributed by atoms with van der Waals surface area (Å²) in [6.45, 7) is 9.34. The zero-order valence-corrected chi connectivity index (χ0v) is 18.6. The first kappa shape index (κ1) is 20.3. The van der Waals surface area contributed by atoms with Crippen LogP contribution in [-0.4, -0.2) is 79.5 Å². The molecule has 3 heterocycles. The van der Waals surface area contributed by atoms with E-state index in [0.29, 0.717) is 12.5 Å². The van der Waals surface area contributed by atoms with Crippen LogP contribution in [0.1, 0.15) is 61.2 Å². The minimum Gasteiger partial charge on any atom is -0.460 e. The normalized spacial score (nSPS) is 25.5. The number of carbonyl (C=O) groups is 1. The van der Waals surface area contributed by atoms with Crippen LogP contribution in [0, 0.1) is 0 Å². The number of hydrogen-bond acceptors (Lipinski definition) is 5. The molecule has 2 aliphatic heterocycles. The molecule has 2 fully saturated rings. The molecule has 0 spiro atoms. The summed E-state index contributed by atoms with van der Waals surface area (Å²) >= 11 is 0. The van der Waals surface area contributed by atoms with E-state index in [0.717, 1.165) is 76.2 Å². The molecule has 1 atom stereocenters. The number of hydrogen-bond donors (Lipinski definition) is 1. The summed E-state index contributed by atoms with van der Waals surface area (Å²) in [4.78, 5) is 19.9. The summed E-state index contributed by atoms with van der Waals surface area (Å²) in [6.07, 6.45) is 8.41. The summed E-state index contributed by atoms with van der Waals surface area (Å²) in [6, 6.07) is 0.790. The van der Waals surface area contributed by atoms with Crippen LogP contribution in [0.2, 0.25) is 0 Å². The standard InChI is InChI=1S/C24H36N4O2/c1-17-12-18(14-25-2)13-21-24(17)20-6-7-26(15-22(20)30-21)16-23(29)28-10-8-27(9-11-28)19-4-3-5-19/h13,17,19,25H,3-12,14-16H2,1-2H3. The van der Waals surface area contributed by atoms with Crippen LogP contribution in [0.15, 0.2) is 9.99 Å². The minimum absolute atomic E-state index is 0.285. The fraction of sp³-hybridized carbons (Fsp3) is 0.708. The Morgan fingerprint density at radius 1 is 1.20 bits per heavy atom. The Kier molecular flexibility index (Phi) is 5.73. The number of nitrogens with zero attached hydrogens (tertiary/aromatic N) is 3. The molecule has 5 rings (SSSR count). The van der Waals surface area contributed by atoms with E-state index in [1.807, 2.05) is 7.05 Å². The van der Waals surface area contributed by atoms with Gasteiger partial charge in [-0.3, -0.25) is 14.6 Å². The number of piperazine rings is 1. The third kappa shape index (κ3) is 3.85. The summed E-state index contributed by atoms with van der Waals surface area (Å²) < 4.78 is 6.31. The SMILES string of the molecule is CNCC1=Cc2oc3c(c2C(C)C1)CCN(CC(=O)N1CCN(C2CCC2)CC1)C3. The highest BCUT2D eigenvalue weighted by molar-refractivity contribution is 5.78. The van der Waals surface area contributed by atoms with Crippen LogP contribution in [0.5, 0.6) is 0 Å². The van der Waals surface area contributed by atoms with Gasteiger partial charge in [0, 0.05) is 56.4 Å². The molecule has 2 aliphatic carbocycles. The first-order valence-electron chi connectivity index (χ1n) is 11.8. The van der Waals surface area contributed by atoms with E-state index < -0.39 is 0 Å². The Hall–Kier alpha value is -1.63. The van der Waals surface area contributed by atoms with Gasteiger partial charge in [0.15, 0.2) is 0 Å². The van der Waals surface area contributed by atoms with Crippen molar-refractivity contribution in [1.82, 2.24) is 20.0 Å². The number of amides is 1. The van der Waals surface area contributed by atoms with Crippen LogP contribution in [0.4, 0.5) is 0 Å². The third-order valence-corrected chi connectivity index (χ3v) is 7.62. The average molecular weight is 413 g/mol. The van der Waals surface area contributed by atoms with Gasteiger partial charge in [-0.15, -0.1) is 0 Å². The van der Waals surface area contributed by atoms with Crippen molar-refractivity contribution in [3.63, 3.8) is 0 Å². The third-order valence-electron chi connectivity index (χ3n) is 7.62. The number of rotatable bonds is 5. The van der Waals surface area contributed by atoms with Gasteiger partial charge < -0.3 is 14.6 Å². The molecule has 0 bridgehead atoms. The first-order valence-corrected chi connectivity index (χ1v) is 11.8. The van der Waals surface area contributed by atoms with Crippen molar-refractivity contribution in [2.45, 2.75) is 57.5 Å². The predicted molar refractivity (Wildman–Crippen MR) is 118 cm³/mol. The lowest BCUT2D eigenvalue weighted by atomic mass is 9.84. The van der Waals surface area contributed by atoms with Gasteiger partial charge >= 0.3 is 0 Å². The largest absolute Gasteiger partial charge is 0.460 e. The summed E-state index contributed by atoms with van der Waals surface area (Å²) in [5.41, 5.74) is 4.25. The van der Waals surface area contributed by atoms with E-state index in [1.54, 1.807) is 0 Å². The van der Waals surface area contributed by atoms with Crippen LogP contribution in [0.3, 0.4) is 0 Å². The summed E-state index contributed by atoms with van der Waals surface area (Å²) in [7, 11) is 2.00. The number of fused-ring (bicyclic) bond motifs is 3. The lowest BCUT2D eigenvalue weighted by molar-refractivity contribution is -0.135. The molecule has 6 heteroatoms. The van der Waals surface area contributed by atoms with Gasteiger partial charge in [0.25, 0.3) is 0 Å². The summed E-state index contributed by atoms with van der Waals surface area (Å²) in [5, 5.41) is 3.26. The van der Waals surface area contributed by atoms with Crippen molar-refractivity contribution in [3.8, 4) is 0 Å². The summed E-state index contributed by atoms with van der Waals surface area (Å²) in [5.74, 6) is 2.94. The predicted octanol–water partition coefficient (Wildman–Crippen LogP) is 2.44. The maximum atomic E-state index is 12.9. The Labute approximate surface area is 180 Å². The van der Waals surface area contributed by atoms with Gasteiger partial charge in [-0.2, -0.15) is 0 Å². The zero-order valence-electron chi connectivity index (χ0n) is 18.6. The van der Waals surface area contributed by atoms with Gasteiger partial charge in [-0.1, -0.05) is 18.9 Å². The van der Waals surface area contributed by atoms with E-state index in [1.165, 1.54) is 36.0 Å². The fourth-order valence-electron chi connectivity index (χ4n) is 5.75. The van der Waals surface area contributed by atoms with Crippen molar-refractivity contribution >= 4 is 12.0 Å². The van der Waals surface area contributed by atoms with E-state index in [-0.39, 0.29) is 5.91 Å². The second-order valence-electron chi connectivity index (χ2n) is 9.68. The number of furan rings is 1. The van der Waals surface area contributed by atoms with Crippen molar-refractivity contribution in [3.05, 3.63) is 28.2 Å². The highest BCUT2D eigenvalue weighted by Crippen LogP contribution is 2.40. The van der Waals surface area contributed by atoms with E-state index in [4.69, 9.17) is 4.42 Å². The molecule has 1 unspecified atom stereocenters. The maximum Gasteiger partial charge on any atom is 0.236 e. The Morgan fingerprint density at radius 3 is 2.70 bits per heavy atom. The monoisotopic (exact) mass is 412 g/mol. The maximum absolute atomic E-state index is 12.9. The first-order chi connectivity index (χ1) is 14.6. The van der Waals surface area contributed by atoms with Gasteiger partial charge in [-0.25, -0.2) is 0 Å². The Bertz CT molecular complexity index is 817. The lowest BCUT2D eigenvalue weighted by Gasteiger charge is -2.43. The second-order valence-corrected chi connectivity index (χ2v) is 9.68. The molecule has 30 heavy (non-hydrogen) atoms. The molecular weight excluding hydrogens is 376 g/mol. The second kappa shape index (κ2) is 8.48. The van der Waals surface area contributed by atoms with Gasteiger partial charge in [0.05, 0.1) is 13.1 Å². The lowest BCUT2D eigenvalue weighted by Crippen LogP contribution is -2.55. The molecule has 1 amide bonds. The van der Waals surface area contributed by atoms with E-state index in [2.05, 4.69) is 33.0 Å². The van der Waals surface area contributed by atoms with Crippen molar-refractivity contribution in [2.24, 2.45) is 0 Å². The Balaban J connectivity index is 1.19. The van der Waals surface area contributed by atoms with Crippen LogP contribution < -0.4 is 5.32 Å². The van der Waals surface area contributed by atoms with E-state index >= 15 is 0 Å². The van der Waals surface area contributed by atoms with Gasteiger partial charge in [0.1, 0.15) is 11.5 Å². The molecule has 1 N–H and O–H groups in total. The number of likely N-dealkylation sites (N-methyl/N-ethyl adjacent to an activating group) is 1. The molecule has 0 radical (unpaired) electrons. The van der Waals surface area contributed by atoms with Gasteiger partial charge in [0.2, 0.25) is 5.91 Å². The number of carbonyl (C=O) groups excluding carboxylic acids is 1. The Morgan fingerprint density at radius 2 is 2.00 bits per heavy atom. The van der Waals surface area contributed by atoms with Crippen LogP contribution in [0.25, 0.3) is 6.08 Å². The van der Waals surface area contributed by atoms with Crippen LogP contribution in [-0.2, 0) is 17.8 Å². The molecule has 164 valence electrons. The molecule has 1 aromatic heterocycles. The average Bonchev–Trinajstić information content (AvgIpc) is 3.05. The highest BCUT2D eigenvalue weighted by atomic mass is 16.3. The minimum atomic E-state index is 0.285. The van der Waals surface area contributed by atoms with Crippen molar-refractivity contribution in [1.29, 1.82) is 0 Å². The smallest absolute Gasteiger partial charge is 0.236 e. The highest BCUT2D eigenvalue weighted by Gasteiger charge is 2.33. The quantitative estimate of drug-likeness (QED) is 0.805. The molecule has 1 saturated heterocycles. The van der Waals surface area contributed by atoms with E-state index in [9.17, 15) is 4.79 Å². The topological polar surface area (TPSA) is 52.0 Å². The molecule has 4 aliphatic rings. The van der Waals surface area contributed by atoms with Crippen molar-refractivity contribution < 1.29 is 9.21 Å². The molecule has 0 aromatic carbocycles. The zero-order chi connectivity index (χ0) is 20.7. The number of nitrogens with one attached hydrogen (secondary N) is 1. The van der Waals surface area contributed by atoms with Gasteiger partial charge in [-0.05, 0) is 44.7 Å². The molecular formula is C24H36N4O2.